The first-order valence-corrected chi connectivity index (χ1v) is 8.66. The number of nitrogens with one attached hydrogen (secondary N) is 1. The van der Waals surface area contributed by atoms with Gasteiger partial charge in [0.25, 0.3) is 5.91 Å². The van der Waals surface area contributed by atoms with Crippen LogP contribution in [0.5, 0.6) is 0 Å². The van der Waals surface area contributed by atoms with Gasteiger partial charge in [0.2, 0.25) is 11.2 Å². The summed E-state index contributed by atoms with van der Waals surface area (Å²) >= 11 is -0.349. The van der Waals surface area contributed by atoms with Crippen LogP contribution in [0.25, 0.3) is 0 Å². The Morgan fingerprint density at radius 1 is 1.29 bits per heavy atom. The first-order chi connectivity index (χ1) is 11.5. The Labute approximate surface area is 143 Å². The lowest BCUT2D eigenvalue weighted by Crippen LogP contribution is -2.32. The van der Waals surface area contributed by atoms with Gasteiger partial charge in [-0.3, -0.25) is 9.10 Å². The highest BCUT2D eigenvalue weighted by Crippen LogP contribution is 2.21. The van der Waals surface area contributed by atoms with Crippen LogP contribution < -0.4 is 5.32 Å². The van der Waals surface area contributed by atoms with E-state index in [1.165, 1.54) is 34.8 Å². The van der Waals surface area contributed by atoms with Gasteiger partial charge in [0.15, 0.2) is 11.6 Å². The summed E-state index contributed by atoms with van der Waals surface area (Å²) in [7, 11) is 1.46. The maximum Gasteiger partial charge on any atom is 0.272 e. The van der Waals surface area contributed by atoms with Crippen molar-refractivity contribution in [1.82, 2.24) is 4.31 Å². The SMILES string of the molecule is CN1C(C(=O)Nc2ccc(F)c(F)c2)=CC(c2cccs2)=NS1=O. The van der Waals surface area contributed by atoms with Gasteiger partial charge in [0.1, 0.15) is 5.70 Å². The first kappa shape index (κ1) is 16.5. The molecule has 5 nitrogen and oxygen atoms in total. The van der Waals surface area contributed by atoms with Crippen LogP contribution in [0.2, 0.25) is 0 Å². The van der Waals surface area contributed by atoms with Crippen molar-refractivity contribution in [3.8, 4) is 0 Å². The molecule has 9 heteroatoms. The molecule has 2 aromatic rings. The molecule has 0 radical (unpaired) electrons. The van der Waals surface area contributed by atoms with Crippen molar-refractivity contribution >= 4 is 39.8 Å². The number of carbonyl (C=O) groups is 1. The standard InChI is InChI=1S/C15H11F2N3O2S2/c1-20-13(8-12(19-24(20)22)14-3-2-6-23-14)15(21)18-9-4-5-10(16)11(17)7-9/h2-8H,1H3,(H,18,21). The zero-order valence-corrected chi connectivity index (χ0v) is 14.0. The first-order valence-electron chi connectivity index (χ1n) is 6.72. The average molecular weight is 367 g/mol. The van der Waals surface area contributed by atoms with Crippen LogP contribution in [0.4, 0.5) is 14.5 Å². The fourth-order valence-electron chi connectivity index (χ4n) is 1.99. The van der Waals surface area contributed by atoms with Gasteiger partial charge in [-0.15, -0.1) is 11.3 Å². The van der Waals surface area contributed by atoms with E-state index in [9.17, 15) is 17.8 Å². The predicted octanol–water partition coefficient (Wildman–Crippen LogP) is 2.86. The summed E-state index contributed by atoms with van der Waals surface area (Å²) in [4.78, 5) is 13.2. The van der Waals surface area contributed by atoms with Crippen molar-refractivity contribution in [1.29, 1.82) is 0 Å². The largest absolute Gasteiger partial charge is 0.321 e. The van der Waals surface area contributed by atoms with Gasteiger partial charge in [0.05, 0.1) is 10.6 Å². The normalized spacial score (nSPS) is 17.3. The fraction of sp³-hybridized carbons (Fsp3) is 0.0667. The third kappa shape index (κ3) is 3.26. The van der Waals surface area contributed by atoms with Gasteiger partial charge < -0.3 is 5.32 Å². The van der Waals surface area contributed by atoms with Crippen molar-refractivity contribution in [2.45, 2.75) is 0 Å². The van der Waals surface area contributed by atoms with Crippen molar-refractivity contribution in [2.24, 2.45) is 4.40 Å². The molecule has 24 heavy (non-hydrogen) atoms. The van der Waals surface area contributed by atoms with Crippen LogP contribution >= 0.6 is 11.3 Å². The molecule has 0 saturated carbocycles. The van der Waals surface area contributed by atoms with Gasteiger partial charge in [0, 0.05) is 18.8 Å². The van der Waals surface area contributed by atoms with E-state index in [0.717, 1.165) is 17.0 Å². The number of thiophene rings is 1. The van der Waals surface area contributed by atoms with E-state index in [1.54, 1.807) is 6.07 Å². The molecule has 1 unspecified atom stereocenters. The molecule has 1 aliphatic heterocycles. The number of allylic oxidation sites excluding steroid dienone is 1. The number of carbonyl (C=O) groups excluding carboxylic acids is 1. The minimum Gasteiger partial charge on any atom is -0.321 e. The summed E-state index contributed by atoms with van der Waals surface area (Å²) in [5.74, 6) is -2.67. The van der Waals surface area contributed by atoms with E-state index in [2.05, 4.69) is 9.71 Å². The lowest BCUT2D eigenvalue weighted by atomic mass is 10.2. The highest BCUT2D eigenvalue weighted by atomic mass is 32.2. The number of nitrogens with zero attached hydrogens (tertiary/aromatic N) is 2. The minimum atomic E-state index is -1.75. The van der Waals surface area contributed by atoms with E-state index < -0.39 is 28.7 Å². The highest BCUT2D eigenvalue weighted by molar-refractivity contribution is 7.81. The molecule has 2 heterocycles. The molecule has 1 amide bonds. The summed E-state index contributed by atoms with van der Waals surface area (Å²) in [6.07, 6.45) is 1.50. The number of halogens is 2. The van der Waals surface area contributed by atoms with Crippen LogP contribution in [0, 0.1) is 11.6 Å². The Bertz CT molecular complexity index is 879. The number of rotatable bonds is 3. The summed E-state index contributed by atoms with van der Waals surface area (Å²) < 4.78 is 43.5. The summed E-state index contributed by atoms with van der Waals surface area (Å²) in [5.41, 5.74) is 0.632. The summed E-state index contributed by atoms with van der Waals surface area (Å²) in [6, 6.07) is 6.65. The van der Waals surface area contributed by atoms with Crippen molar-refractivity contribution < 1.29 is 17.8 Å². The lowest BCUT2D eigenvalue weighted by molar-refractivity contribution is -0.113. The van der Waals surface area contributed by atoms with Gasteiger partial charge in [-0.1, -0.05) is 6.07 Å². The van der Waals surface area contributed by atoms with Gasteiger partial charge >= 0.3 is 0 Å². The Balaban J connectivity index is 1.88. The van der Waals surface area contributed by atoms with Crippen molar-refractivity contribution in [3.05, 3.63) is 64.0 Å². The quantitative estimate of drug-likeness (QED) is 0.907. The number of amides is 1. The molecule has 0 bridgehead atoms. The second-order valence-corrected chi connectivity index (χ2v) is 6.93. The lowest BCUT2D eigenvalue weighted by Gasteiger charge is -2.22. The second kappa shape index (κ2) is 6.62. The summed E-state index contributed by atoms with van der Waals surface area (Å²) in [5, 5.41) is 4.30. The molecule has 1 aromatic heterocycles. The van der Waals surface area contributed by atoms with E-state index in [1.807, 2.05) is 11.4 Å². The third-order valence-corrected chi connectivity index (χ3v) is 5.12. The van der Waals surface area contributed by atoms with E-state index in [4.69, 9.17) is 0 Å². The summed E-state index contributed by atoms with van der Waals surface area (Å²) in [6.45, 7) is 0. The Morgan fingerprint density at radius 2 is 2.08 bits per heavy atom. The molecule has 1 atom stereocenters. The number of likely N-dealkylation sites (N-methyl/N-ethyl adjacent to an activating group) is 1. The van der Waals surface area contributed by atoms with Crippen LogP contribution in [0.3, 0.4) is 0 Å². The predicted molar refractivity (Wildman–Crippen MR) is 89.8 cm³/mol. The zero-order valence-electron chi connectivity index (χ0n) is 12.3. The minimum absolute atomic E-state index is 0.0965. The smallest absolute Gasteiger partial charge is 0.272 e. The topological polar surface area (TPSA) is 61.8 Å². The van der Waals surface area contributed by atoms with Gasteiger partial charge in [-0.05, 0) is 29.7 Å². The van der Waals surface area contributed by atoms with Crippen LogP contribution in [0.1, 0.15) is 4.88 Å². The Kier molecular flexibility index (Phi) is 4.54. The zero-order chi connectivity index (χ0) is 17.3. The monoisotopic (exact) mass is 367 g/mol. The molecular weight excluding hydrogens is 356 g/mol. The molecule has 1 aliphatic rings. The molecule has 1 aromatic carbocycles. The van der Waals surface area contributed by atoms with E-state index in [0.29, 0.717) is 5.71 Å². The maximum absolute atomic E-state index is 13.2. The van der Waals surface area contributed by atoms with E-state index in [-0.39, 0.29) is 11.4 Å². The van der Waals surface area contributed by atoms with Crippen LogP contribution in [-0.4, -0.2) is 27.2 Å². The molecule has 1 N–H and O–H groups in total. The number of benzene rings is 1. The highest BCUT2D eigenvalue weighted by Gasteiger charge is 2.25. The molecule has 0 saturated heterocycles. The molecule has 0 fully saturated rings. The maximum atomic E-state index is 13.2. The average Bonchev–Trinajstić information content (AvgIpc) is 3.08. The Morgan fingerprint density at radius 3 is 2.75 bits per heavy atom. The molecule has 124 valence electrons. The number of anilines is 1. The fourth-order valence-corrected chi connectivity index (χ4v) is 3.48. The molecule has 3 rings (SSSR count). The van der Waals surface area contributed by atoms with Gasteiger partial charge in [-0.25, -0.2) is 13.0 Å². The Hall–Kier alpha value is -2.39. The van der Waals surface area contributed by atoms with Crippen LogP contribution in [-0.2, 0) is 16.0 Å². The van der Waals surface area contributed by atoms with Crippen molar-refractivity contribution in [2.75, 3.05) is 12.4 Å². The molecular formula is C15H11F2N3O2S2. The molecule has 0 spiro atoms. The van der Waals surface area contributed by atoms with E-state index >= 15 is 0 Å². The van der Waals surface area contributed by atoms with Gasteiger partial charge in [-0.2, -0.15) is 4.40 Å². The third-order valence-electron chi connectivity index (χ3n) is 3.21. The second-order valence-electron chi connectivity index (χ2n) is 4.79. The number of hydrogen-bond donors (Lipinski definition) is 1. The van der Waals surface area contributed by atoms with Crippen molar-refractivity contribution in [3.63, 3.8) is 0 Å². The number of hydrogen-bond acceptors (Lipinski definition) is 3. The molecule has 0 aliphatic carbocycles. The van der Waals surface area contributed by atoms with Crippen LogP contribution in [0.15, 0.2) is 51.9 Å².